The Kier molecular flexibility index (Phi) is 4.21. The zero-order valence-electron chi connectivity index (χ0n) is 11.7. The van der Waals surface area contributed by atoms with E-state index in [-0.39, 0.29) is 12.3 Å². The van der Waals surface area contributed by atoms with Gasteiger partial charge < -0.3 is 14.8 Å². The minimum Gasteiger partial charge on any atom is -0.480 e. The average Bonchev–Trinajstić information content (AvgIpc) is 2.76. The summed E-state index contributed by atoms with van der Waals surface area (Å²) >= 11 is 0. The molecule has 1 amide bonds. The molecule has 0 aromatic carbocycles. The van der Waals surface area contributed by atoms with E-state index in [9.17, 15) is 14.0 Å². The second-order valence-corrected chi connectivity index (χ2v) is 5.15. The van der Waals surface area contributed by atoms with E-state index < -0.39 is 23.7 Å². The summed E-state index contributed by atoms with van der Waals surface area (Å²) in [4.78, 5) is 27.1. The number of carboxylic acid groups (broad SMARTS) is 1. The highest BCUT2D eigenvalue weighted by atomic mass is 19.1. The van der Waals surface area contributed by atoms with Crippen LogP contribution in [0.4, 0.5) is 4.39 Å². The van der Waals surface area contributed by atoms with Crippen molar-refractivity contribution in [1.29, 1.82) is 0 Å². The van der Waals surface area contributed by atoms with Crippen LogP contribution in [0.3, 0.4) is 0 Å². The molecule has 2 aromatic rings. The van der Waals surface area contributed by atoms with Crippen molar-refractivity contribution in [2.24, 2.45) is 5.92 Å². The largest absolute Gasteiger partial charge is 0.480 e. The fourth-order valence-corrected chi connectivity index (χ4v) is 2.00. The third-order valence-electron chi connectivity index (χ3n) is 3.06. The number of pyridine rings is 1. The highest BCUT2D eigenvalue weighted by molar-refractivity contribution is 5.84. The number of carbonyl (C=O) groups is 2. The van der Waals surface area contributed by atoms with E-state index in [0.717, 1.165) is 0 Å². The van der Waals surface area contributed by atoms with Crippen molar-refractivity contribution in [2.75, 3.05) is 0 Å². The van der Waals surface area contributed by atoms with Crippen molar-refractivity contribution < 1.29 is 19.1 Å². The summed E-state index contributed by atoms with van der Waals surface area (Å²) in [6, 6.07) is 1.85. The minimum absolute atomic E-state index is 0.0558. The number of nitrogens with zero attached hydrogens (tertiary/aromatic N) is 2. The van der Waals surface area contributed by atoms with Gasteiger partial charge in [0.2, 0.25) is 5.91 Å². The van der Waals surface area contributed by atoms with Crippen molar-refractivity contribution >= 4 is 17.5 Å². The maximum absolute atomic E-state index is 13.1. The summed E-state index contributed by atoms with van der Waals surface area (Å²) in [6.07, 6.45) is 2.75. The van der Waals surface area contributed by atoms with Crippen LogP contribution in [-0.4, -0.2) is 32.4 Å². The molecule has 6 nitrogen and oxygen atoms in total. The Morgan fingerprint density at radius 3 is 2.71 bits per heavy atom. The molecule has 2 rings (SSSR count). The van der Waals surface area contributed by atoms with Crippen LogP contribution in [0.25, 0.3) is 5.65 Å². The topological polar surface area (TPSA) is 83.7 Å². The molecule has 112 valence electrons. The first-order valence-corrected chi connectivity index (χ1v) is 6.52. The molecule has 0 saturated heterocycles. The van der Waals surface area contributed by atoms with E-state index >= 15 is 0 Å². The number of fused-ring (bicyclic) bond motifs is 1. The average molecular weight is 293 g/mol. The van der Waals surface area contributed by atoms with Crippen LogP contribution < -0.4 is 5.32 Å². The molecule has 0 radical (unpaired) electrons. The molecule has 2 heterocycles. The quantitative estimate of drug-likeness (QED) is 0.868. The lowest BCUT2D eigenvalue weighted by atomic mass is 10.0. The first-order chi connectivity index (χ1) is 9.86. The van der Waals surface area contributed by atoms with Gasteiger partial charge in [0, 0.05) is 12.4 Å². The molecule has 0 aliphatic heterocycles. The molecule has 1 atom stereocenters. The standard InChI is InChI=1S/C14H16FN3O3/c1-8(2)13(14(20)21)17-12(19)5-10-7-18-6-9(15)3-4-11(18)16-10/h3-4,6-8,13H,5H2,1-2H3,(H,17,19)(H,20,21). The smallest absolute Gasteiger partial charge is 0.326 e. The molecule has 21 heavy (non-hydrogen) atoms. The van der Waals surface area contributed by atoms with Gasteiger partial charge in [0.05, 0.1) is 12.1 Å². The van der Waals surface area contributed by atoms with Crippen molar-refractivity contribution in [3.05, 3.63) is 36.0 Å². The number of hydrogen-bond donors (Lipinski definition) is 2. The van der Waals surface area contributed by atoms with Crippen LogP contribution in [0.2, 0.25) is 0 Å². The number of aromatic nitrogens is 2. The first-order valence-electron chi connectivity index (χ1n) is 6.52. The van der Waals surface area contributed by atoms with E-state index in [1.165, 1.54) is 22.7 Å². The van der Waals surface area contributed by atoms with Crippen molar-refractivity contribution in [3.63, 3.8) is 0 Å². The molecule has 1 unspecified atom stereocenters. The third-order valence-corrected chi connectivity index (χ3v) is 3.06. The first kappa shape index (κ1) is 15.0. The zero-order chi connectivity index (χ0) is 15.6. The van der Waals surface area contributed by atoms with Crippen LogP contribution in [-0.2, 0) is 16.0 Å². The highest BCUT2D eigenvalue weighted by Crippen LogP contribution is 2.08. The van der Waals surface area contributed by atoms with Gasteiger partial charge >= 0.3 is 5.97 Å². The van der Waals surface area contributed by atoms with Gasteiger partial charge in [-0.25, -0.2) is 14.2 Å². The van der Waals surface area contributed by atoms with E-state index in [0.29, 0.717) is 11.3 Å². The number of hydrogen-bond acceptors (Lipinski definition) is 3. The number of carboxylic acids is 1. The number of nitrogens with one attached hydrogen (secondary N) is 1. The lowest BCUT2D eigenvalue weighted by molar-refractivity contribution is -0.143. The molecule has 7 heteroatoms. The Hall–Kier alpha value is -2.44. The molecule has 2 aromatic heterocycles. The molecular formula is C14H16FN3O3. The number of carbonyl (C=O) groups excluding carboxylic acids is 1. The van der Waals surface area contributed by atoms with Gasteiger partial charge in [0.1, 0.15) is 17.5 Å². The molecular weight excluding hydrogens is 277 g/mol. The van der Waals surface area contributed by atoms with Crippen LogP contribution in [0.5, 0.6) is 0 Å². The maximum Gasteiger partial charge on any atom is 0.326 e. The Morgan fingerprint density at radius 1 is 1.38 bits per heavy atom. The molecule has 0 spiro atoms. The van der Waals surface area contributed by atoms with Gasteiger partial charge in [0.25, 0.3) is 0 Å². The summed E-state index contributed by atoms with van der Waals surface area (Å²) in [5.41, 5.74) is 0.976. The summed E-state index contributed by atoms with van der Waals surface area (Å²) in [6.45, 7) is 3.43. The second-order valence-electron chi connectivity index (χ2n) is 5.15. The summed E-state index contributed by atoms with van der Waals surface area (Å²) < 4.78 is 14.5. The number of aliphatic carboxylic acids is 1. The lowest BCUT2D eigenvalue weighted by Crippen LogP contribution is -2.44. The second kappa shape index (κ2) is 5.90. The molecule has 0 aliphatic rings. The van der Waals surface area contributed by atoms with E-state index in [2.05, 4.69) is 10.3 Å². The summed E-state index contributed by atoms with van der Waals surface area (Å²) in [7, 11) is 0. The molecule has 0 aliphatic carbocycles. The molecule has 0 saturated carbocycles. The summed E-state index contributed by atoms with van der Waals surface area (Å²) in [5.74, 6) is -2.13. The lowest BCUT2D eigenvalue weighted by Gasteiger charge is -2.17. The van der Waals surface area contributed by atoms with Crippen LogP contribution in [0.1, 0.15) is 19.5 Å². The normalized spacial score (nSPS) is 12.6. The maximum atomic E-state index is 13.1. The Morgan fingerprint density at radius 2 is 2.10 bits per heavy atom. The Balaban J connectivity index is 2.09. The monoisotopic (exact) mass is 293 g/mol. The van der Waals surface area contributed by atoms with Crippen molar-refractivity contribution in [1.82, 2.24) is 14.7 Å². The molecule has 0 fully saturated rings. The Labute approximate surface area is 120 Å². The van der Waals surface area contributed by atoms with Crippen LogP contribution >= 0.6 is 0 Å². The van der Waals surface area contributed by atoms with Gasteiger partial charge in [-0.05, 0) is 18.1 Å². The highest BCUT2D eigenvalue weighted by Gasteiger charge is 2.23. The number of imidazole rings is 1. The van der Waals surface area contributed by atoms with Gasteiger partial charge in [-0.15, -0.1) is 0 Å². The minimum atomic E-state index is -1.07. The SMILES string of the molecule is CC(C)C(NC(=O)Cc1cn2cc(F)ccc2n1)C(=O)O. The predicted octanol–water partition coefficient (Wildman–Crippen LogP) is 1.24. The third kappa shape index (κ3) is 3.56. The van der Waals surface area contributed by atoms with Crippen LogP contribution in [0, 0.1) is 11.7 Å². The van der Waals surface area contributed by atoms with E-state index in [4.69, 9.17) is 5.11 Å². The van der Waals surface area contributed by atoms with Crippen LogP contribution in [0.15, 0.2) is 24.5 Å². The van der Waals surface area contributed by atoms with Gasteiger partial charge in [0.15, 0.2) is 0 Å². The zero-order valence-corrected chi connectivity index (χ0v) is 11.7. The van der Waals surface area contributed by atoms with E-state index in [1.807, 2.05) is 0 Å². The number of amides is 1. The molecule has 2 N–H and O–H groups in total. The van der Waals surface area contributed by atoms with Gasteiger partial charge in [-0.1, -0.05) is 13.8 Å². The van der Waals surface area contributed by atoms with Gasteiger partial charge in [-0.3, -0.25) is 4.79 Å². The number of rotatable bonds is 5. The Bertz CT molecular complexity index is 681. The molecule has 0 bridgehead atoms. The fraction of sp³-hybridized carbons (Fsp3) is 0.357. The predicted molar refractivity (Wildman–Crippen MR) is 73.3 cm³/mol. The van der Waals surface area contributed by atoms with Crippen molar-refractivity contribution in [2.45, 2.75) is 26.3 Å². The van der Waals surface area contributed by atoms with E-state index in [1.54, 1.807) is 20.0 Å². The fourth-order valence-electron chi connectivity index (χ4n) is 2.00. The van der Waals surface area contributed by atoms with Crippen molar-refractivity contribution in [3.8, 4) is 0 Å². The summed E-state index contributed by atoms with van der Waals surface area (Å²) in [5, 5.41) is 11.5. The number of halogens is 1. The van der Waals surface area contributed by atoms with Gasteiger partial charge in [-0.2, -0.15) is 0 Å².